The number of nitrogens with zero attached hydrogens (tertiary/aromatic N) is 2. The van der Waals surface area contributed by atoms with Crippen LogP contribution in [0.3, 0.4) is 0 Å². The summed E-state index contributed by atoms with van der Waals surface area (Å²) in [6.07, 6.45) is 7.22. The summed E-state index contributed by atoms with van der Waals surface area (Å²) in [5.41, 5.74) is 3.10. The number of fused-ring (bicyclic) bond motifs is 1. The van der Waals surface area contributed by atoms with Crippen molar-refractivity contribution in [2.75, 3.05) is 11.4 Å². The van der Waals surface area contributed by atoms with Gasteiger partial charge in [-0.2, -0.15) is 0 Å². The first-order chi connectivity index (χ1) is 10.3. The molecule has 3 nitrogen and oxygen atoms in total. The fraction of sp³-hybridized carbons (Fsp3) is 0.471. The monoisotopic (exact) mass is 299 g/mol. The summed E-state index contributed by atoms with van der Waals surface area (Å²) in [7, 11) is 0. The molecule has 0 unspecified atom stereocenters. The Kier molecular flexibility index (Phi) is 3.43. The van der Waals surface area contributed by atoms with Gasteiger partial charge in [-0.25, -0.2) is 4.98 Å². The summed E-state index contributed by atoms with van der Waals surface area (Å²) in [6, 6.07) is 8.82. The zero-order valence-corrected chi connectivity index (χ0v) is 13.0. The molecule has 1 aromatic carbocycles. The number of anilines is 1. The quantitative estimate of drug-likeness (QED) is 0.919. The highest BCUT2D eigenvalue weighted by molar-refractivity contribution is 7.09. The molecule has 4 heteroatoms. The van der Waals surface area contributed by atoms with Crippen molar-refractivity contribution in [1.29, 1.82) is 0 Å². The number of rotatable bonds is 2. The molecule has 0 saturated heterocycles. The number of thiazole rings is 1. The van der Waals surface area contributed by atoms with Crippen LogP contribution in [0, 0.1) is 0 Å². The highest BCUT2D eigenvalue weighted by Gasteiger charge is 2.37. The number of aromatic nitrogens is 1. The minimum absolute atomic E-state index is 0.302. The van der Waals surface area contributed by atoms with Crippen LogP contribution in [-0.2, 0) is 13.1 Å². The van der Waals surface area contributed by atoms with Crippen molar-refractivity contribution in [2.45, 2.75) is 44.3 Å². The third kappa shape index (κ3) is 2.58. The maximum atomic E-state index is 4.49. The van der Waals surface area contributed by atoms with Crippen molar-refractivity contribution in [3.05, 3.63) is 46.4 Å². The van der Waals surface area contributed by atoms with Gasteiger partial charge in [0.1, 0.15) is 5.01 Å². The molecule has 1 aromatic heterocycles. The van der Waals surface area contributed by atoms with Crippen LogP contribution < -0.4 is 10.2 Å². The molecule has 0 amide bonds. The van der Waals surface area contributed by atoms with Gasteiger partial charge in [-0.3, -0.25) is 0 Å². The van der Waals surface area contributed by atoms with Crippen molar-refractivity contribution in [1.82, 2.24) is 10.3 Å². The summed E-state index contributed by atoms with van der Waals surface area (Å²) in [4.78, 5) is 7.03. The Balaban J connectivity index is 1.68. The lowest BCUT2D eigenvalue weighted by atomic mass is 9.97. The second-order valence-electron chi connectivity index (χ2n) is 6.25. The summed E-state index contributed by atoms with van der Waals surface area (Å²) in [6.45, 7) is 3.02. The normalized spacial score (nSPS) is 20.5. The third-order valence-corrected chi connectivity index (χ3v) is 5.61. The van der Waals surface area contributed by atoms with E-state index in [9.17, 15) is 0 Å². The van der Waals surface area contributed by atoms with E-state index in [2.05, 4.69) is 44.8 Å². The average Bonchev–Trinajstić information content (AvgIpc) is 3.14. The third-order valence-electron chi connectivity index (χ3n) is 4.85. The van der Waals surface area contributed by atoms with Crippen molar-refractivity contribution < 1.29 is 0 Å². The molecule has 0 atom stereocenters. The van der Waals surface area contributed by atoms with Crippen molar-refractivity contribution in [2.24, 2.45) is 0 Å². The average molecular weight is 299 g/mol. The molecule has 0 radical (unpaired) electrons. The molecule has 1 spiro atoms. The van der Waals surface area contributed by atoms with Gasteiger partial charge in [-0.05, 0) is 24.5 Å². The van der Waals surface area contributed by atoms with E-state index in [-0.39, 0.29) is 0 Å². The van der Waals surface area contributed by atoms with Crippen LogP contribution in [0.2, 0.25) is 0 Å². The van der Waals surface area contributed by atoms with E-state index >= 15 is 0 Å². The Hall–Kier alpha value is -1.39. The van der Waals surface area contributed by atoms with Crippen molar-refractivity contribution in [3.8, 4) is 0 Å². The van der Waals surface area contributed by atoms with E-state index in [1.54, 1.807) is 11.3 Å². The van der Waals surface area contributed by atoms with Crippen LogP contribution in [-0.4, -0.2) is 17.1 Å². The highest BCUT2D eigenvalue weighted by Crippen LogP contribution is 2.36. The summed E-state index contributed by atoms with van der Waals surface area (Å²) in [5.74, 6) is 0. The molecular weight excluding hydrogens is 278 g/mol. The topological polar surface area (TPSA) is 28.2 Å². The van der Waals surface area contributed by atoms with Gasteiger partial charge in [-0.1, -0.05) is 31.0 Å². The highest BCUT2D eigenvalue weighted by atomic mass is 32.1. The van der Waals surface area contributed by atoms with Crippen LogP contribution in [0.25, 0.3) is 0 Å². The van der Waals surface area contributed by atoms with Gasteiger partial charge in [0.2, 0.25) is 0 Å². The molecule has 2 heterocycles. The largest absolute Gasteiger partial charge is 0.363 e. The molecule has 21 heavy (non-hydrogen) atoms. The van der Waals surface area contributed by atoms with Crippen LogP contribution in [0.1, 0.15) is 36.3 Å². The van der Waals surface area contributed by atoms with E-state index in [4.69, 9.17) is 0 Å². The smallest absolute Gasteiger partial charge is 0.112 e. The molecule has 110 valence electrons. The maximum Gasteiger partial charge on any atom is 0.112 e. The lowest BCUT2D eigenvalue weighted by molar-refractivity contribution is 0.337. The van der Waals surface area contributed by atoms with Gasteiger partial charge in [0.25, 0.3) is 0 Å². The van der Waals surface area contributed by atoms with Gasteiger partial charge in [0.15, 0.2) is 0 Å². The van der Waals surface area contributed by atoms with Gasteiger partial charge < -0.3 is 10.2 Å². The molecular formula is C17H21N3S. The van der Waals surface area contributed by atoms with Crippen LogP contribution >= 0.6 is 11.3 Å². The van der Waals surface area contributed by atoms with Crippen LogP contribution in [0.4, 0.5) is 5.69 Å². The molecule has 1 saturated carbocycles. The molecule has 4 rings (SSSR count). The van der Waals surface area contributed by atoms with Crippen LogP contribution in [0.5, 0.6) is 0 Å². The summed E-state index contributed by atoms with van der Waals surface area (Å²) >= 11 is 1.76. The first-order valence-corrected chi connectivity index (χ1v) is 8.69. The van der Waals surface area contributed by atoms with E-state index in [1.807, 2.05) is 6.20 Å². The minimum Gasteiger partial charge on any atom is -0.363 e. The van der Waals surface area contributed by atoms with Gasteiger partial charge in [0.05, 0.1) is 6.54 Å². The molecule has 1 fully saturated rings. The lowest BCUT2D eigenvalue weighted by Crippen LogP contribution is -2.49. The van der Waals surface area contributed by atoms with Gasteiger partial charge in [0, 0.05) is 35.9 Å². The zero-order chi connectivity index (χ0) is 14.1. The van der Waals surface area contributed by atoms with E-state index in [1.165, 1.54) is 41.9 Å². The maximum absolute atomic E-state index is 4.49. The number of nitrogens with one attached hydrogen (secondary N) is 1. The molecule has 1 aliphatic carbocycles. The molecule has 0 bridgehead atoms. The van der Waals surface area contributed by atoms with Gasteiger partial charge in [-0.15, -0.1) is 11.3 Å². The molecule has 2 aromatic rings. The Bertz CT molecular complexity index is 602. The Morgan fingerprint density at radius 1 is 1.24 bits per heavy atom. The van der Waals surface area contributed by atoms with Crippen molar-refractivity contribution >= 4 is 17.0 Å². The first kappa shape index (κ1) is 13.3. The molecule has 1 N–H and O–H groups in total. The fourth-order valence-corrected chi connectivity index (χ4v) is 4.41. The Morgan fingerprint density at radius 2 is 2.10 bits per heavy atom. The van der Waals surface area contributed by atoms with Crippen LogP contribution in [0.15, 0.2) is 35.8 Å². The fourth-order valence-electron chi connectivity index (χ4n) is 3.78. The number of hydrogen-bond donors (Lipinski definition) is 1. The Labute approximate surface area is 130 Å². The van der Waals surface area contributed by atoms with Gasteiger partial charge >= 0.3 is 0 Å². The zero-order valence-electron chi connectivity index (χ0n) is 12.2. The lowest BCUT2D eigenvalue weighted by Gasteiger charge is -2.34. The van der Waals surface area contributed by atoms with Crippen molar-refractivity contribution in [3.63, 3.8) is 0 Å². The minimum atomic E-state index is 0.302. The molecule has 1 aliphatic heterocycles. The summed E-state index contributed by atoms with van der Waals surface area (Å²) in [5, 5.41) is 7.14. The first-order valence-electron chi connectivity index (χ1n) is 7.81. The second-order valence-corrected chi connectivity index (χ2v) is 7.23. The predicted octanol–water partition coefficient (Wildman–Crippen LogP) is 3.57. The molecule has 2 aliphatic rings. The SMILES string of the molecule is c1ccc2c(c1)CNC1(CCCC1)CN2Cc1nccs1. The number of para-hydroxylation sites is 1. The second kappa shape index (κ2) is 5.43. The standard InChI is InChI=1S/C17H21N3S/c1-2-6-15-14(5-1)11-19-17(7-3-4-8-17)13-20(15)12-16-18-9-10-21-16/h1-2,5-6,9-10,19H,3-4,7-8,11-13H2. The predicted molar refractivity (Wildman–Crippen MR) is 87.6 cm³/mol. The summed E-state index contributed by atoms with van der Waals surface area (Å²) < 4.78 is 0. The number of hydrogen-bond acceptors (Lipinski definition) is 4. The van der Waals surface area contributed by atoms with E-state index in [0.29, 0.717) is 5.54 Å². The van der Waals surface area contributed by atoms with E-state index < -0.39 is 0 Å². The number of benzene rings is 1. The Morgan fingerprint density at radius 3 is 2.90 bits per heavy atom. The van der Waals surface area contributed by atoms with E-state index in [0.717, 1.165) is 19.6 Å².